The summed E-state index contributed by atoms with van der Waals surface area (Å²) in [7, 11) is 1.99. The van der Waals surface area contributed by atoms with Crippen LogP contribution < -0.4 is 5.69 Å². The second kappa shape index (κ2) is 5.21. The van der Waals surface area contributed by atoms with Crippen molar-refractivity contribution in [2.45, 2.75) is 13.0 Å². The number of aromatic nitrogens is 4. The highest BCUT2D eigenvalue weighted by molar-refractivity contribution is 5.17. The Labute approximate surface area is 116 Å². The van der Waals surface area contributed by atoms with E-state index >= 15 is 0 Å². The molecule has 0 aliphatic heterocycles. The van der Waals surface area contributed by atoms with Gasteiger partial charge in [0.05, 0.1) is 6.54 Å². The van der Waals surface area contributed by atoms with E-state index in [2.05, 4.69) is 10.2 Å². The Bertz CT molecular complexity index is 752. The Morgan fingerprint density at radius 3 is 2.65 bits per heavy atom. The maximum atomic E-state index is 11.9. The van der Waals surface area contributed by atoms with Crippen LogP contribution in [0.3, 0.4) is 0 Å². The lowest BCUT2D eigenvalue weighted by Gasteiger charge is -2.06. The van der Waals surface area contributed by atoms with Gasteiger partial charge in [0.15, 0.2) is 0 Å². The molecular weight excluding hydrogens is 252 g/mol. The summed E-state index contributed by atoms with van der Waals surface area (Å²) < 4.78 is 3.72. The predicted octanol–water partition coefficient (Wildman–Crippen LogP) is 1.55. The zero-order chi connectivity index (χ0) is 13.9. The zero-order valence-corrected chi connectivity index (χ0v) is 11.3. The predicted molar refractivity (Wildman–Crippen MR) is 76.6 cm³/mol. The first-order chi connectivity index (χ1) is 9.74. The van der Waals surface area contributed by atoms with Gasteiger partial charge in [-0.15, -0.1) is 0 Å². The van der Waals surface area contributed by atoms with Crippen LogP contribution in [0.4, 0.5) is 0 Å². The summed E-state index contributed by atoms with van der Waals surface area (Å²) in [4.78, 5) is 11.9. The van der Waals surface area contributed by atoms with Gasteiger partial charge in [0.1, 0.15) is 5.82 Å². The molecule has 2 heterocycles. The van der Waals surface area contributed by atoms with Crippen molar-refractivity contribution in [2.24, 2.45) is 7.05 Å². The molecule has 5 nitrogen and oxygen atoms in total. The van der Waals surface area contributed by atoms with Crippen molar-refractivity contribution in [3.8, 4) is 0 Å². The molecule has 1 aromatic carbocycles. The molecule has 3 aromatic rings. The molecule has 0 spiro atoms. The Balaban J connectivity index is 1.90. The number of aryl methyl sites for hydroxylation is 1. The maximum Gasteiger partial charge on any atom is 0.343 e. The molecule has 0 atom stereocenters. The Morgan fingerprint density at radius 1 is 1.15 bits per heavy atom. The van der Waals surface area contributed by atoms with Crippen LogP contribution in [0.25, 0.3) is 0 Å². The van der Waals surface area contributed by atoms with E-state index in [4.69, 9.17) is 0 Å². The molecule has 102 valence electrons. The van der Waals surface area contributed by atoms with Crippen molar-refractivity contribution >= 4 is 0 Å². The molecule has 0 fully saturated rings. The molecule has 0 bridgehead atoms. The molecule has 0 saturated carbocycles. The van der Waals surface area contributed by atoms with Crippen LogP contribution >= 0.6 is 0 Å². The summed E-state index contributed by atoms with van der Waals surface area (Å²) in [6.45, 7) is 0.538. The number of rotatable bonds is 4. The third kappa shape index (κ3) is 2.42. The molecule has 0 aliphatic carbocycles. The summed E-state index contributed by atoms with van der Waals surface area (Å²) in [5.41, 5.74) is 2.04. The molecule has 0 amide bonds. The van der Waals surface area contributed by atoms with Gasteiger partial charge in [0.2, 0.25) is 0 Å². The van der Waals surface area contributed by atoms with Gasteiger partial charge in [-0.1, -0.05) is 30.3 Å². The van der Waals surface area contributed by atoms with Gasteiger partial charge in [0, 0.05) is 25.4 Å². The SMILES string of the molecule is Cn1cccc1Cc1n[nH]c(=O)n1Cc1ccccc1. The number of benzene rings is 1. The van der Waals surface area contributed by atoms with E-state index in [1.807, 2.05) is 60.3 Å². The highest BCUT2D eigenvalue weighted by Gasteiger charge is 2.10. The third-order valence-electron chi connectivity index (χ3n) is 3.41. The number of nitrogens with one attached hydrogen (secondary N) is 1. The van der Waals surface area contributed by atoms with E-state index in [9.17, 15) is 4.79 Å². The monoisotopic (exact) mass is 268 g/mol. The van der Waals surface area contributed by atoms with E-state index in [-0.39, 0.29) is 5.69 Å². The van der Waals surface area contributed by atoms with Crippen molar-refractivity contribution < 1.29 is 0 Å². The van der Waals surface area contributed by atoms with Crippen molar-refractivity contribution in [3.63, 3.8) is 0 Å². The molecule has 3 rings (SSSR count). The number of hydrogen-bond acceptors (Lipinski definition) is 2. The van der Waals surface area contributed by atoms with Crippen LogP contribution in [0.1, 0.15) is 17.1 Å². The van der Waals surface area contributed by atoms with Crippen molar-refractivity contribution in [1.82, 2.24) is 19.3 Å². The largest absolute Gasteiger partial charge is 0.354 e. The highest BCUT2D eigenvalue weighted by Crippen LogP contribution is 2.08. The summed E-state index contributed by atoms with van der Waals surface area (Å²) >= 11 is 0. The molecule has 0 aliphatic rings. The minimum absolute atomic E-state index is 0.168. The normalized spacial score (nSPS) is 10.8. The van der Waals surface area contributed by atoms with Crippen LogP contribution in [0.2, 0.25) is 0 Å². The zero-order valence-electron chi connectivity index (χ0n) is 11.3. The smallest absolute Gasteiger partial charge is 0.343 e. The van der Waals surface area contributed by atoms with Crippen LogP contribution in [0.5, 0.6) is 0 Å². The number of hydrogen-bond donors (Lipinski definition) is 1. The maximum absolute atomic E-state index is 11.9. The molecule has 5 heteroatoms. The Morgan fingerprint density at radius 2 is 1.95 bits per heavy atom. The van der Waals surface area contributed by atoms with Crippen molar-refractivity contribution in [2.75, 3.05) is 0 Å². The lowest BCUT2D eigenvalue weighted by atomic mass is 10.2. The molecule has 0 unspecified atom stereocenters. The molecular formula is C15H16N4O. The van der Waals surface area contributed by atoms with Gasteiger partial charge in [-0.25, -0.2) is 9.89 Å². The van der Waals surface area contributed by atoms with E-state index in [1.165, 1.54) is 0 Å². The van der Waals surface area contributed by atoms with E-state index < -0.39 is 0 Å². The van der Waals surface area contributed by atoms with Crippen LogP contribution in [0.15, 0.2) is 53.5 Å². The third-order valence-corrected chi connectivity index (χ3v) is 3.41. The fourth-order valence-corrected chi connectivity index (χ4v) is 2.26. The van der Waals surface area contributed by atoms with Crippen molar-refractivity contribution in [3.05, 3.63) is 76.2 Å². The molecule has 20 heavy (non-hydrogen) atoms. The molecule has 0 saturated heterocycles. The average molecular weight is 268 g/mol. The fraction of sp³-hybridized carbons (Fsp3) is 0.200. The highest BCUT2D eigenvalue weighted by atomic mass is 16.1. The lowest BCUT2D eigenvalue weighted by molar-refractivity contribution is 0.703. The van der Waals surface area contributed by atoms with Crippen LogP contribution in [0, 0.1) is 0 Å². The second-order valence-electron chi connectivity index (χ2n) is 4.80. The van der Waals surface area contributed by atoms with Crippen molar-refractivity contribution in [1.29, 1.82) is 0 Å². The minimum atomic E-state index is -0.168. The lowest BCUT2D eigenvalue weighted by Crippen LogP contribution is -2.20. The molecule has 1 N–H and O–H groups in total. The van der Waals surface area contributed by atoms with Gasteiger partial charge < -0.3 is 4.57 Å². The number of H-pyrrole nitrogens is 1. The first-order valence-corrected chi connectivity index (χ1v) is 6.52. The van der Waals surface area contributed by atoms with Crippen LogP contribution in [-0.4, -0.2) is 19.3 Å². The molecule has 0 radical (unpaired) electrons. The Hall–Kier alpha value is -2.56. The number of aromatic amines is 1. The van der Waals surface area contributed by atoms with Gasteiger partial charge >= 0.3 is 5.69 Å². The topological polar surface area (TPSA) is 55.6 Å². The standard InChI is InChI=1S/C15H16N4O/c1-18-9-5-8-13(18)10-14-16-17-15(20)19(14)11-12-6-3-2-4-7-12/h2-9H,10-11H2,1H3,(H,17,20). The summed E-state index contributed by atoms with van der Waals surface area (Å²) in [6, 6.07) is 13.9. The van der Waals surface area contributed by atoms with Gasteiger partial charge in [-0.05, 0) is 17.7 Å². The number of nitrogens with zero attached hydrogens (tertiary/aromatic N) is 3. The molecule has 2 aromatic heterocycles. The van der Waals surface area contributed by atoms with Gasteiger partial charge in [-0.2, -0.15) is 5.10 Å². The minimum Gasteiger partial charge on any atom is -0.354 e. The van der Waals surface area contributed by atoms with E-state index in [1.54, 1.807) is 4.57 Å². The van der Waals surface area contributed by atoms with Gasteiger partial charge in [0.25, 0.3) is 0 Å². The van der Waals surface area contributed by atoms with Gasteiger partial charge in [-0.3, -0.25) is 4.57 Å². The summed E-state index contributed by atoms with van der Waals surface area (Å²) in [6.07, 6.45) is 2.62. The van der Waals surface area contributed by atoms with E-state index in [0.717, 1.165) is 17.1 Å². The second-order valence-corrected chi connectivity index (χ2v) is 4.80. The Kier molecular flexibility index (Phi) is 3.25. The average Bonchev–Trinajstić information content (AvgIpc) is 3.01. The first kappa shape index (κ1) is 12.5. The van der Waals surface area contributed by atoms with E-state index in [0.29, 0.717) is 13.0 Å². The van der Waals surface area contributed by atoms with Crippen LogP contribution in [-0.2, 0) is 20.0 Å². The summed E-state index contributed by atoms with van der Waals surface area (Å²) in [5.74, 6) is 0.751. The quantitative estimate of drug-likeness (QED) is 0.780. The summed E-state index contributed by atoms with van der Waals surface area (Å²) in [5, 5.41) is 6.68. The first-order valence-electron chi connectivity index (χ1n) is 6.52. The fourth-order valence-electron chi connectivity index (χ4n) is 2.26.